The number of nitrogens with zero attached hydrogens (tertiary/aromatic N) is 1. The molecule has 1 aliphatic carbocycles. The molecule has 1 saturated carbocycles. The maximum absolute atomic E-state index is 14.2. The van der Waals surface area contributed by atoms with Crippen molar-refractivity contribution < 1.29 is 19.0 Å². The van der Waals surface area contributed by atoms with Crippen LogP contribution in [0.25, 0.3) is 0 Å². The predicted octanol–water partition coefficient (Wildman–Crippen LogP) is 3.53. The maximum Gasteiger partial charge on any atom is 0.342 e. The van der Waals surface area contributed by atoms with Crippen molar-refractivity contribution >= 4 is 5.97 Å². The van der Waals surface area contributed by atoms with Crippen LogP contribution in [0.15, 0.2) is 24.3 Å². The first-order chi connectivity index (χ1) is 11.6. The monoisotopic (exact) mass is 335 g/mol. The van der Waals surface area contributed by atoms with E-state index in [-0.39, 0.29) is 13.0 Å². The van der Waals surface area contributed by atoms with E-state index < -0.39 is 11.6 Å². The van der Waals surface area contributed by atoms with Gasteiger partial charge in [-0.25, -0.2) is 9.18 Å². The van der Waals surface area contributed by atoms with Gasteiger partial charge in [0.1, 0.15) is 0 Å². The molecule has 0 spiro atoms. The molecule has 2 aliphatic rings. The molecule has 1 aliphatic heterocycles. The number of carboxylic acid groups (broad SMARTS) is 1. The first kappa shape index (κ1) is 17.4. The third-order valence-electron chi connectivity index (χ3n) is 5.22. The van der Waals surface area contributed by atoms with E-state index in [4.69, 9.17) is 9.84 Å². The number of alkyl halides is 1. The number of hydrogen-bond acceptors (Lipinski definition) is 3. The molecular formula is C19H26FNO3. The molecule has 4 nitrogen and oxygen atoms in total. The van der Waals surface area contributed by atoms with Crippen molar-refractivity contribution in [1.29, 1.82) is 0 Å². The van der Waals surface area contributed by atoms with Gasteiger partial charge in [0.2, 0.25) is 5.67 Å². The lowest BCUT2D eigenvalue weighted by Gasteiger charge is -2.23. The molecule has 0 bridgehead atoms. The van der Waals surface area contributed by atoms with Crippen molar-refractivity contribution in [2.24, 2.45) is 0 Å². The summed E-state index contributed by atoms with van der Waals surface area (Å²) >= 11 is 0. The van der Waals surface area contributed by atoms with Gasteiger partial charge in [-0.2, -0.15) is 0 Å². The lowest BCUT2D eigenvalue weighted by atomic mass is 9.98. The van der Waals surface area contributed by atoms with E-state index in [1.54, 1.807) is 0 Å². The Morgan fingerprint density at radius 2 is 1.96 bits per heavy atom. The second-order valence-corrected chi connectivity index (χ2v) is 7.07. The van der Waals surface area contributed by atoms with Gasteiger partial charge in [-0.1, -0.05) is 43.5 Å². The fraction of sp³-hybridized carbons (Fsp3) is 0.632. The second-order valence-electron chi connectivity index (χ2n) is 7.07. The summed E-state index contributed by atoms with van der Waals surface area (Å²) in [5.74, 6) is -1.35. The quantitative estimate of drug-likeness (QED) is 0.864. The van der Waals surface area contributed by atoms with E-state index in [0.29, 0.717) is 25.8 Å². The van der Waals surface area contributed by atoms with E-state index in [1.165, 1.54) is 19.3 Å². The summed E-state index contributed by atoms with van der Waals surface area (Å²) in [7, 11) is 0. The molecule has 0 radical (unpaired) electrons. The Kier molecular flexibility index (Phi) is 5.51. The molecule has 1 saturated heterocycles. The highest BCUT2D eigenvalue weighted by atomic mass is 19.1. The van der Waals surface area contributed by atoms with Crippen molar-refractivity contribution in [2.75, 3.05) is 13.1 Å². The number of hydrogen-bond donors (Lipinski definition) is 1. The van der Waals surface area contributed by atoms with Crippen LogP contribution in [0.1, 0.15) is 49.7 Å². The maximum atomic E-state index is 14.2. The molecule has 1 atom stereocenters. The molecule has 24 heavy (non-hydrogen) atoms. The van der Waals surface area contributed by atoms with Crippen LogP contribution in [0.2, 0.25) is 0 Å². The van der Waals surface area contributed by atoms with Gasteiger partial charge in [0, 0.05) is 26.1 Å². The number of aliphatic carboxylic acids is 1. The van der Waals surface area contributed by atoms with E-state index >= 15 is 0 Å². The number of likely N-dealkylation sites (tertiary alicyclic amines) is 1. The molecule has 3 rings (SSSR count). The van der Waals surface area contributed by atoms with E-state index in [1.807, 2.05) is 29.2 Å². The molecule has 1 heterocycles. The first-order valence-electron chi connectivity index (χ1n) is 8.90. The second kappa shape index (κ2) is 7.62. The molecule has 1 aromatic carbocycles. The van der Waals surface area contributed by atoms with Gasteiger partial charge in [-0.15, -0.1) is 0 Å². The van der Waals surface area contributed by atoms with Crippen molar-refractivity contribution in [3.63, 3.8) is 0 Å². The number of carboxylic acids is 1. The number of benzene rings is 1. The third-order valence-corrected chi connectivity index (χ3v) is 5.22. The van der Waals surface area contributed by atoms with Gasteiger partial charge in [-0.3, -0.25) is 4.90 Å². The van der Waals surface area contributed by atoms with Gasteiger partial charge in [-0.05, 0) is 24.0 Å². The largest absolute Gasteiger partial charge is 0.479 e. The smallest absolute Gasteiger partial charge is 0.342 e. The van der Waals surface area contributed by atoms with E-state index in [9.17, 15) is 9.18 Å². The number of carbonyl (C=O) groups is 1. The minimum absolute atomic E-state index is 0.0415. The van der Waals surface area contributed by atoms with Gasteiger partial charge < -0.3 is 9.84 Å². The molecule has 1 unspecified atom stereocenters. The molecule has 2 fully saturated rings. The summed E-state index contributed by atoms with van der Waals surface area (Å²) in [4.78, 5) is 12.9. The lowest BCUT2D eigenvalue weighted by molar-refractivity contribution is -0.149. The average Bonchev–Trinajstić information content (AvgIpc) is 2.97. The fourth-order valence-corrected chi connectivity index (χ4v) is 3.69. The fourth-order valence-electron chi connectivity index (χ4n) is 3.69. The van der Waals surface area contributed by atoms with Crippen LogP contribution in [0.3, 0.4) is 0 Å². The highest BCUT2D eigenvalue weighted by Gasteiger charge is 2.45. The lowest BCUT2D eigenvalue weighted by Crippen LogP contribution is -2.36. The minimum Gasteiger partial charge on any atom is -0.479 e. The van der Waals surface area contributed by atoms with Crippen LogP contribution in [-0.4, -0.2) is 40.8 Å². The van der Waals surface area contributed by atoms with Crippen LogP contribution < -0.4 is 0 Å². The summed E-state index contributed by atoms with van der Waals surface area (Å²) in [5.41, 5.74) is 0.116. The topological polar surface area (TPSA) is 49.8 Å². The van der Waals surface area contributed by atoms with Crippen LogP contribution in [-0.2, 0) is 22.7 Å². The number of rotatable bonds is 6. The average molecular weight is 335 g/mol. The normalized spacial score (nSPS) is 25.9. The highest BCUT2D eigenvalue weighted by Crippen LogP contribution is 2.28. The summed E-state index contributed by atoms with van der Waals surface area (Å²) in [5, 5.41) is 9.02. The Bertz CT molecular complexity index is 573. The molecule has 1 aromatic rings. The Hall–Kier alpha value is -1.46. The van der Waals surface area contributed by atoms with Crippen LogP contribution in [0, 0.1) is 0 Å². The van der Waals surface area contributed by atoms with Crippen molar-refractivity contribution in [2.45, 2.75) is 63.4 Å². The van der Waals surface area contributed by atoms with E-state index in [2.05, 4.69) is 0 Å². The van der Waals surface area contributed by atoms with Gasteiger partial charge in [0.05, 0.1) is 12.7 Å². The van der Waals surface area contributed by atoms with Crippen LogP contribution in [0.4, 0.5) is 4.39 Å². The van der Waals surface area contributed by atoms with E-state index in [0.717, 1.165) is 24.0 Å². The third kappa shape index (κ3) is 4.14. The predicted molar refractivity (Wildman–Crippen MR) is 89.5 cm³/mol. The number of halogens is 1. The zero-order valence-electron chi connectivity index (χ0n) is 14.0. The number of ether oxygens (including phenoxy) is 1. The Morgan fingerprint density at radius 3 is 2.62 bits per heavy atom. The molecule has 0 amide bonds. The highest BCUT2D eigenvalue weighted by molar-refractivity contribution is 5.78. The van der Waals surface area contributed by atoms with Crippen LogP contribution in [0.5, 0.6) is 0 Å². The van der Waals surface area contributed by atoms with Crippen molar-refractivity contribution in [1.82, 2.24) is 4.90 Å². The van der Waals surface area contributed by atoms with Gasteiger partial charge >= 0.3 is 5.97 Å². The Balaban J connectivity index is 1.59. The summed E-state index contributed by atoms with van der Waals surface area (Å²) in [6, 6.07) is 8.03. The minimum atomic E-state index is -2.10. The summed E-state index contributed by atoms with van der Waals surface area (Å²) in [6.07, 6.45) is 6.48. The van der Waals surface area contributed by atoms with Crippen molar-refractivity contribution in [3.05, 3.63) is 35.4 Å². The zero-order valence-corrected chi connectivity index (χ0v) is 14.0. The Labute approximate surface area is 142 Å². The van der Waals surface area contributed by atoms with Gasteiger partial charge in [0.25, 0.3) is 0 Å². The summed E-state index contributed by atoms with van der Waals surface area (Å²) < 4.78 is 20.3. The molecule has 5 heteroatoms. The first-order valence-corrected chi connectivity index (χ1v) is 8.90. The zero-order chi connectivity index (χ0) is 17.0. The molecule has 0 aromatic heterocycles. The van der Waals surface area contributed by atoms with Crippen molar-refractivity contribution in [3.8, 4) is 0 Å². The Morgan fingerprint density at radius 1 is 1.25 bits per heavy atom. The summed E-state index contributed by atoms with van der Waals surface area (Å²) in [6.45, 7) is 1.58. The standard InChI is InChI=1S/C19H26FNO3/c20-19(18(22)23)10-11-21(14-19)12-15-6-4-5-7-16(15)13-24-17-8-2-1-3-9-17/h4-7,17H,1-3,8-14H2,(H,22,23). The van der Waals surface area contributed by atoms with Gasteiger partial charge in [0.15, 0.2) is 0 Å². The molecule has 1 N–H and O–H groups in total. The molecule has 132 valence electrons. The SMILES string of the molecule is O=C(O)C1(F)CCN(Cc2ccccc2COC2CCCCC2)C1. The van der Waals surface area contributed by atoms with Crippen LogP contribution >= 0.6 is 0 Å². The molecular weight excluding hydrogens is 309 g/mol.